The number of hydrogen-bond donors (Lipinski definition) is 2. The van der Waals surface area contributed by atoms with E-state index in [4.69, 9.17) is 0 Å². The van der Waals surface area contributed by atoms with E-state index in [1.54, 1.807) is 0 Å². The Kier molecular flexibility index (Phi) is 4.50. The molecular weight excluding hydrogens is 264 g/mol. The van der Waals surface area contributed by atoms with Crippen LogP contribution in [0.4, 0.5) is 0 Å². The van der Waals surface area contributed by atoms with Gasteiger partial charge in [-0.3, -0.25) is 4.79 Å². The molecule has 6 heteroatoms. The van der Waals surface area contributed by atoms with E-state index in [-0.39, 0.29) is 35.4 Å². The van der Waals surface area contributed by atoms with Gasteiger partial charge in [0.25, 0.3) is 0 Å². The van der Waals surface area contributed by atoms with E-state index in [0.717, 1.165) is 25.7 Å². The van der Waals surface area contributed by atoms with Crippen molar-refractivity contribution < 1.29 is 13.2 Å². The van der Waals surface area contributed by atoms with Crippen LogP contribution in [-0.2, 0) is 14.6 Å². The fourth-order valence-electron chi connectivity index (χ4n) is 3.07. The van der Waals surface area contributed by atoms with Gasteiger partial charge in [-0.25, -0.2) is 8.42 Å². The Morgan fingerprint density at radius 3 is 2.63 bits per heavy atom. The molecule has 110 valence electrons. The van der Waals surface area contributed by atoms with Crippen LogP contribution in [0.1, 0.15) is 45.4 Å². The number of amides is 1. The van der Waals surface area contributed by atoms with Crippen LogP contribution in [0, 0.1) is 0 Å². The predicted molar refractivity (Wildman–Crippen MR) is 74.7 cm³/mol. The molecule has 1 saturated carbocycles. The van der Waals surface area contributed by atoms with E-state index in [2.05, 4.69) is 17.6 Å². The van der Waals surface area contributed by atoms with Crippen molar-refractivity contribution in [3.05, 3.63) is 0 Å². The highest BCUT2D eigenvalue weighted by Crippen LogP contribution is 2.27. The van der Waals surface area contributed by atoms with Gasteiger partial charge in [0, 0.05) is 24.5 Å². The lowest BCUT2D eigenvalue weighted by molar-refractivity contribution is -0.123. The summed E-state index contributed by atoms with van der Waals surface area (Å²) in [7, 11) is -2.97. The molecule has 2 rings (SSSR count). The molecule has 1 atom stereocenters. The Bertz CT molecular complexity index is 427. The number of rotatable bonds is 3. The highest BCUT2D eigenvalue weighted by Gasteiger charge is 2.31. The maximum Gasteiger partial charge on any atom is 0.222 e. The van der Waals surface area contributed by atoms with Gasteiger partial charge in [0.2, 0.25) is 5.91 Å². The quantitative estimate of drug-likeness (QED) is 0.797. The lowest BCUT2D eigenvalue weighted by atomic mass is 9.83. The third kappa shape index (κ3) is 4.45. The zero-order valence-electron chi connectivity index (χ0n) is 11.6. The van der Waals surface area contributed by atoms with Gasteiger partial charge in [-0.05, 0) is 19.8 Å². The molecule has 1 unspecified atom stereocenters. The topological polar surface area (TPSA) is 75.3 Å². The molecule has 2 N–H and O–H groups in total. The highest BCUT2D eigenvalue weighted by atomic mass is 32.2. The van der Waals surface area contributed by atoms with E-state index in [1.165, 1.54) is 6.42 Å². The SMILES string of the molecule is CC1(NC(=O)CC2CS(=O)(=O)CCN2)CCCCC1. The average Bonchev–Trinajstić information content (AvgIpc) is 2.27. The molecule has 0 aromatic rings. The van der Waals surface area contributed by atoms with Crippen LogP contribution in [-0.4, -0.2) is 44.0 Å². The third-order valence-corrected chi connectivity index (χ3v) is 5.87. The van der Waals surface area contributed by atoms with Crippen molar-refractivity contribution in [1.82, 2.24) is 10.6 Å². The first-order valence-electron chi connectivity index (χ1n) is 7.13. The standard InChI is InChI=1S/C13H24N2O3S/c1-13(5-3-2-4-6-13)15-12(16)9-11-10-19(17,18)8-7-14-11/h11,14H,2-10H2,1H3,(H,15,16). The zero-order valence-corrected chi connectivity index (χ0v) is 12.4. The number of carbonyl (C=O) groups is 1. The molecule has 0 aromatic heterocycles. The molecule has 5 nitrogen and oxygen atoms in total. The Balaban J connectivity index is 1.84. The van der Waals surface area contributed by atoms with Crippen LogP contribution in [0.5, 0.6) is 0 Å². The van der Waals surface area contributed by atoms with Crippen molar-refractivity contribution in [2.45, 2.75) is 57.0 Å². The Morgan fingerprint density at radius 1 is 1.32 bits per heavy atom. The van der Waals surface area contributed by atoms with Crippen LogP contribution < -0.4 is 10.6 Å². The average molecular weight is 288 g/mol. The second-order valence-corrected chi connectivity index (χ2v) is 8.37. The molecule has 0 aromatic carbocycles. The van der Waals surface area contributed by atoms with Gasteiger partial charge < -0.3 is 10.6 Å². The second-order valence-electron chi connectivity index (χ2n) is 6.14. The van der Waals surface area contributed by atoms with Crippen molar-refractivity contribution >= 4 is 15.7 Å². The Labute approximate surface area is 115 Å². The summed E-state index contributed by atoms with van der Waals surface area (Å²) in [5, 5.41) is 6.21. The summed E-state index contributed by atoms with van der Waals surface area (Å²) in [4.78, 5) is 12.0. The molecule has 2 fully saturated rings. The molecule has 2 aliphatic rings. The fourth-order valence-corrected chi connectivity index (χ4v) is 4.51. The summed E-state index contributed by atoms with van der Waals surface area (Å²) < 4.78 is 23.0. The number of nitrogens with one attached hydrogen (secondary N) is 2. The van der Waals surface area contributed by atoms with Crippen molar-refractivity contribution in [2.24, 2.45) is 0 Å². The molecule has 1 amide bonds. The van der Waals surface area contributed by atoms with Gasteiger partial charge in [-0.15, -0.1) is 0 Å². The van der Waals surface area contributed by atoms with E-state index in [1.807, 2.05) is 0 Å². The van der Waals surface area contributed by atoms with Crippen molar-refractivity contribution in [3.8, 4) is 0 Å². The van der Waals surface area contributed by atoms with Crippen LogP contribution in [0.25, 0.3) is 0 Å². The maximum absolute atomic E-state index is 12.0. The third-order valence-electron chi connectivity index (χ3n) is 4.13. The molecule has 1 saturated heterocycles. The lowest BCUT2D eigenvalue weighted by Crippen LogP contribution is -2.51. The van der Waals surface area contributed by atoms with Gasteiger partial charge in [0.1, 0.15) is 0 Å². The predicted octanol–water partition coefficient (Wildman–Crippen LogP) is 0.602. The Hall–Kier alpha value is -0.620. The second kappa shape index (κ2) is 5.79. The summed E-state index contributed by atoms with van der Waals surface area (Å²) in [5.41, 5.74) is -0.0944. The molecule has 0 bridgehead atoms. The monoisotopic (exact) mass is 288 g/mol. The molecule has 19 heavy (non-hydrogen) atoms. The summed E-state index contributed by atoms with van der Waals surface area (Å²) in [6.07, 6.45) is 5.87. The molecule has 1 aliphatic heterocycles. The van der Waals surface area contributed by atoms with Crippen LogP contribution >= 0.6 is 0 Å². The molecule has 1 aliphatic carbocycles. The molecule has 0 spiro atoms. The fraction of sp³-hybridized carbons (Fsp3) is 0.923. The minimum absolute atomic E-state index is 0.0287. The summed E-state index contributed by atoms with van der Waals surface area (Å²) in [6.45, 7) is 2.55. The highest BCUT2D eigenvalue weighted by molar-refractivity contribution is 7.91. The van der Waals surface area contributed by atoms with Crippen molar-refractivity contribution in [1.29, 1.82) is 0 Å². The zero-order chi connectivity index (χ0) is 13.9. The number of carbonyl (C=O) groups excluding carboxylic acids is 1. The first-order valence-corrected chi connectivity index (χ1v) is 8.96. The number of sulfone groups is 1. The molecular formula is C13H24N2O3S. The lowest BCUT2D eigenvalue weighted by Gasteiger charge is -2.35. The normalized spacial score (nSPS) is 29.6. The summed E-state index contributed by atoms with van der Waals surface area (Å²) in [6, 6.07) is -0.231. The Morgan fingerprint density at radius 2 is 2.00 bits per heavy atom. The molecule has 0 radical (unpaired) electrons. The first-order chi connectivity index (χ1) is 8.89. The smallest absolute Gasteiger partial charge is 0.222 e. The minimum atomic E-state index is -2.97. The minimum Gasteiger partial charge on any atom is -0.351 e. The summed E-state index contributed by atoms with van der Waals surface area (Å²) >= 11 is 0. The van der Waals surface area contributed by atoms with E-state index in [9.17, 15) is 13.2 Å². The van der Waals surface area contributed by atoms with Gasteiger partial charge in [-0.1, -0.05) is 19.3 Å². The van der Waals surface area contributed by atoms with Gasteiger partial charge >= 0.3 is 0 Å². The van der Waals surface area contributed by atoms with E-state index in [0.29, 0.717) is 6.54 Å². The summed E-state index contributed by atoms with van der Waals surface area (Å²) in [5.74, 6) is 0.235. The van der Waals surface area contributed by atoms with Gasteiger partial charge in [-0.2, -0.15) is 0 Å². The van der Waals surface area contributed by atoms with E-state index >= 15 is 0 Å². The van der Waals surface area contributed by atoms with Crippen LogP contribution in [0.15, 0.2) is 0 Å². The van der Waals surface area contributed by atoms with Gasteiger partial charge in [0.05, 0.1) is 11.5 Å². The van der Waals surface area contributed by atoms with Crippen LogP contribution in [0.2, 0.25) is 0 Å². The van der Waals surface area contributed by atoms with Crippen molar-refractivity contribution in [3.63, 3.8) is 0 Å². The first kappa shape index (κ1) is 14.8. The number of hydrogen-bond acceptors (Lipinski definition) is 4. The van der Waals surface area contributed by atoms with E-state index < -0.39 is 9.84 Å². The maximum atomic E-state index is 12.0. The largest absolute Gasteiger partial charge is 0.351 e. The molecule has 1 heterocycles. The van der Waals surface area contributed by atoms with Crippen molar-refractivity contribution in [2.75, 3.05) is 18.1 Å². The van der Waals surface area contributed by atoms with Gasteiger partial charge in [0.15, 0.2) is 9.84 Å². The van der Waals surface area contributed by atoms with Crippen LogP contribution in [0.3, 0.4) is 0 Å².